The van der Waals surface area contributed by atoms with Crippen molar-refractivity contribution in [3.05, 3.63) is 78.1 Å². The lowest BCUT2D eigenvalue weighted by molar-refractivity contribution is 0.141. The molecule has 0 amide bonds. The van der Waals surface area contributed by atoms with Crippen LogP contribution in [0.3, 0.4) is 0 Å². The summed E-state index contributed by atoms with van der Waals surface area (Å²) < 4.78 is 45.6. The molecule has 1 aliphatic rings. The fourth-order valence-corrected chi connectivity index (χ4v) is 7.10. The highest BCUT2D eigenvalue weighted by Gasteiger charge is 2.31. The van der Waals surface area contributed by atoms with Crippen molar-refractivity contribution in [1.29, 1.82) is 0 Å². The molecule has 1 saturated heterocycles. The fourth-order valence-electron chi connectivity index (χ4n) is 5.68. The van der Waals surface area contributed by atoms with E-state index in [1.165, 1.54) is 0 Å². The number of benzene rings is 3. The molecular formula is C36H47N5O5S. The third kappa shape index (κ3) is 8.51. The number of hydrogen-bond donors (Lipinski definition) is 1. The van der Waals surface area contributed by atoms with Crippen LogP contribution in [0.5, 0.6) is 17.2 Å². The van der Waals surface area contributed by atoms with E-state index in [1.807, 2.05) is 50.2 Å². The number of nitrogens with one attached hydrogen (secondary N) is 1. The Kier molecular flexibility index (Phi) is 11.9. The minimum atomic E-state index is -3.60. The Labute approximate surface area is 279 Å². The average Bonchev–Trinajstić information content (AvgIpc) is 3.09. The summed E-state index contributed by atoms with van der Waals surface area (Å²) in [5, 5.41) is 4.51. The first-order valence-electron chi connectivity index (χ1n) is 16.7. The third-order valence-corrected chi connectivity index (χ3v) is 10.3. The summed E-state index contributed by atoms with van der Waals surface area (Å²) >= 11 is 0. The van der Waals surface area contributed by atoms with Crippen LogP contribution in [0.25, 0.3) is 10.9 Å². The van der Waals surface area contributed by atoms with E-state index in [1.54, 1.807) is 28.6 Å². The van der Waals surface area contributed by atoms with E-state index in [2.05, 4.69) is 30.1 Å². The number of ether oxygens (including phenoxy) is 3. The van der Waals surface area contributed by atoms with Crippen molar-refractivity contribution in [2.45, 2.75) is 57.9 Å². The summed E-state index contributed by atoms with van der Waals surface area (Å²) in [5.41, 5.74) is 2.01. The second-order valence-corrected chi connectivity index (χ2v) is 13.5. The van der Waals surface area contributed by atoms with Gasteiger partial charge in [0.2, 0.25) is 10.0 Å². The lowest BCUT2D eigenvalue weighted by atomic mass is 10.1. The van der Waals surface area contributed by atoms with E-state index in [0.717, 1.165) is 53.0 Å². The zero-order chi connectivity index (χ0) is 33.2. The molecule has 0 spiro atoms. The van der Waals surface area contributed by atoms with Crippen LogP contribution < -0.4 is 19.5 Å². The van der Waals surface area contributed by atoms with Crippen LogP contribution in [0.1, 0.15) is 58.0 Å². The Morgan fingerprint density at radius 2 is 1.57 bits per heavy atom. The molecule has 1 fully saturated rings. The molecule has 2 heterocycles. The maximum absolute atomic E-state index is 13.4. The lowest BCUT2D eigenvalue weighted by Gasteiger charge is -2.36. The summed E-state index contributed by atoms with van der Waals surface area (Å²) in [5.74, 6) is 3.70. The Balaban J connectivity index is 1.23. The number of rotatable bonds is 16. The Morgan fingerprint density at radius 1 is 0.851 bits per heavy atom. The summed E-state index contributed by atoms with van der Waals surface area (Å²) in [6.45, 7) is 12.5. The van der Waals surface area contributed by atoms with Crippen molar-refractivity contribution in [2.75, 3.05) is 57.9 Å². The highest BCUT2D eigenvalue weighted by Crippen LogP contribution is 2.30. The van der Waals surface area contributed by atoms with Crippen LogP contribution in [0.2, 0.25) is 0 Å². The van der Waals surface area contributed by atoms with Crippen LogP contribution in [0.4, 0.5) is 5.82 Å². The number of hydrogen-bond acceptors (Lipinski definition) is 9. The molecule has 0 radical (unpaired) electrons. The summed E-state index contributed by atoms with van der Waals surface area (Å²) in [6, 6.07) is 20.7. The summed E-state index contributed by atoms with van der Waals surface area (Å²) in [7, 11) is -3.60. The first-order chi connectivity index (χ1) is 22.8. The van der Waals surface area contributed by atoms with Gasteiger partial charge >= 0.3 is 0 Å². The Hall–Kier alpha value is -3.93. The third-order valence-electron chi connectivity index (χ3n) is 8.36. The summed E-state index contributed by atoms with van der Waals surface area (Å²) in [6.07, 6.45) is 2.79. The highest BCUT2D eigenvalue weighted by atomic mass is 32.2. The topological polar surface area (TPSA) is 106 Å². The minimum Gasteiger partial charge on any atom is -0.494 e. The predicted octanol–water partition coefficient (Wildman–Crippen LogP) is 6.33. The van der Waals surface area contributed by atoms with Gasteiger partial charge in [0, 0.05) is 38.1 Å². The van der Waals surface area contributed by atoms with E-state index in [0.29, 0.717) is 64.1 Å². The maximum Gasteiger partial charge on any atom is 0.243 e. The molecule has 1 aliphatic heterocycles. The molecule has 1 N–H and O–H groups in total. The van der Waals surface area contributed by atoms with Gasteiger partial charge in [-0.3, -0.25) is 4.90 Å². The van der Waals surface area contributed by atoms with Gasteiger partial charge in [0.1, 0.15) is 17.4 Å². The molecule has 0 aliphatic carbocycles. The maximum atomic E-state index is 13.4. The molecule has 5 rings (SSSR count). The molecule has 10 nitrogen and oxygen atoms in total. The largest absolute Gasteiger partial charge is 0.494 e. The van der Waals surface area contributed by atoms with Gasteiger partial charge in [-0.2, -0.15) is 4.31 Å². The summed E-state index contributed by atoms with van der Waals surface area (Å²) in [4.78, 5) is 12.4. The second kappa shape index (κ2) is 16.3. The zero-order valence-electron chi connectivity index (χ0n) is 27.9. The monoisotopic (exact) mass is 661 g/mol. The first kappa shape index (κ1) is 34.4. The van der Waals surface area contributed by atoms with E-state index < -0.39 is 10.0 Å². The predicted molar refractivity (Wildman–Crippen MR) is 186 cm³/mol. The van der Waals surface area contributed by atoms with Crippen molar-refractivity contribution in [3.63, 3.8) is 0 Å². The number of sulfonamides is 1. The molecule has 4 aromatic rings. The molecular weight excluding hydrogens is 614 g/mol. The SMILES string of the molecule is CCCCOc1ccc(S(=O)(=O)N2CCN([C@@H](C)c3nc(NCCc4ccc(OCC)c(OCC)c4)c4ccccc4n3)CC2)cc1. The smallest absolute Gasteiger partial charge is 0.243 e. The van der Waals surface area contributed by atoms with Gasteiger partial charge in [0.25, 0.3) is 0 Å². The fraction of sp³-hybridized carbons (Fsp3) is 0.444. The molecule has 0 saturated carbocycles. The Morgan fingerprint density at radius 3 is 2.30 bits per heavy atom. The van der Waals surface area contributed by atoms with Crippen LogP contribution in [-0.4, -0.2) is 80.1 Å². The van der Waals surface area contributed by atoms with Gasteiger partial charge in [0.05, 0.1) is 36.3 Å². The zero-order valence-corrected chi connectivity index (χ0v) is 28.8. The quantitative estimate of drug-likeness (QED) is 0.138. The second-order valence-electron chi connectivity index (χ2n) is 11.6. The van der Waals surface area contributed by atoms with Gasteiger partial charge < -0.3 is 19.5 Å². The van der Waals surface area contributed by atoms with Crippen LogP contribution >= 0.6 is 0 Å². The number of fused-ring (bicyclic) bond motifs is 1. The number of para-hydroxylation sites is 1. The van der Waals surface area contributed by atoms with E-state index in [4.69, 9.17) is 24.2 Å². The number of nitrogens with zero attached hydrogens (tertiary/aromatic N) is 4. The molecule has 3 aromatic carbocycles. The van der Waals surface area contributed by atoms with E-state index in [-0.39, 0.29) is 10.9 Å². The van der Waals surface area contributed by atoms with Gasteiger partial charge in [-0.1, -0.05) is 31.5 Å². The average molecular weight is 662 g/mol. The van der Waals surface area contributed by atoms with Crippen molar-refractivity contribution in [2.24, 2.45) is 0 Å². The number of unbranched alkanes of at least 4 members (excludes halogenated alkanes) is 1. The number of aromatic nitrogens is 2. The minimum absolute atomic E-state index is 0.0931. The first-order valence-corrected chi connectivity index (χ1v) is 18.1. The lowest BCUT2D eigenvalue weighted by Crippen LogP contribution is -2.49. The van der Waals surface area contributed by atoms with Crippen LogP contribution in [0, 0.1) is 0 Å². The molecule has 47 heavy (non-hydrogen) atoms. The van der Waals surface area contributed by atoms with Crippen LogP contribution in [0.15, 0.2) is 71.6 Å². The van der Waals surface area contributed by atoms with E-state index >= 15 is 0 Å². The van der Waals surface area contributed by atoms with Crippen molar-refractivity contribution in [3.8, 4) is 17.2 Å². The van der Waals surface area contributed by atoms with E-state index in [9.17, 15) is 8.42 Å². The van der Waals surface area contributed by atoms with Crippen LogP contribution in [-0.2, 0) is 16.4 Å². The molecule has 0 unspecified atom stereocenters. The molecule has 11 heteroatoms. The molecule has 1 atom stereocenters. The number of piperazine rings is 1. The number of anilines is 1. The van der Waals surface area contributed by atoms with Crippen molar-refractivity contribution >= 4 is 26.7 Å². The van der Waals surface area contributed by atoms with Crippen molar-refractivity contribution < 1.29 is 22.6 Å². The molecule has 252 valence electrons. The standard InChI is InChI=1S/C36H47N5O5S/c1-5-8-25-46-29-14-16-30(17-15-29)47(42,43)41-23-21-40(22-24-41)27(4)35-38-32-12-10-9-11-31(32)36(39-35)37-20-19-28-13-18-33(44-6-2)34(26-28)45-7-3/h9-18,26-27H,5-8,19-25H2,1-4H3,(H,37,38,39)/t27-/m0/s1. The molecule has 0 bridgehead atoms. The Bertz CT molecular complexity index is 1710. The highest BCUT2D eigenvalue weighted by molar-refractivity contribution is 7.89. The van der Waals surface area contributed by atoms with Gasteiger partial charge in [-0.05, 0) is 87.7 Å². The van der Waals surface area contributed by atoms with Gasteiger partial charge in [-0.25, -0.2) is 18.4 Å². The molecule has 1 aromatic heterocycles. The van der Waals surface area contributed by atoms with Gasteiger partial charge in [-0.15, -0.1) is 0 Å². The van der Waals surface area contributed by atoms with Gasteiger partial charge in [0.15, 0.2) is 11.5 Å². The van der Waals surface area contributed by atoms with Crippen molar-refractivity contribution in [1.82, 2.24) is 19.2 Å². The normalized spacial score (nSPS) is 15.0.